The molecule has 0 aliphatic rings. The zero-order chi connectivity index (χ0) is 18.2. The molecule has 0 amide bonds. The number of aryl methyl sites for hydroxylation is 1. The van der Waals surface area contributed by atoms with Gasteiger partial charge in [-0.3, -0.25) is 13.9 Å². The van der Waals surface area contributed by atoms with Crippen LogP contribution in [0.25, 0.3) is 10.9 Å². The molecule has 0 bridgehead atoms. The average Bonchev–Trinajstić information content (AvgIpc) is 2.56. The van der Waals surface area contributed by atoms with E-state index >= 15 is 0 Å². The molecule has 0 atom stereocenters. The SMILES string of the molecule is Cc1ccc(Cn2c(=O)n(CC(C)(C)C)c(=O)c3ccccc32)cc1. The Morgan fingerprint density at radius 2 is 1.52 bits per heavy atom. The van der Waals surface area contributed by atoms with Gasteiger partial charge >= 0.3 is 5.69 Å². The van der Waals surface area contributed by atoms with E-state index in [2.05, 4.69) is 0 Å². The second-order valence-electron chi connectivity index (χ2n) is 7.82. The van der Waals surface area contributed by atoms with Crippen LogP contribution in [-0.2, 0) is 13.1 Å². The Kier molecular flexibility index (Phi) is 4.38. The van der Waals surface area contributed by atoms with Gasteiger partial charge in [0.05, 0.1) is 17.4 Å². The van der Waals surface area contributed by atoms with E-state index in [1.165, 1.54) is 10.1 Å². The number of para-hydroxylation sites is 1. The van der Waals surface area contributed by atoms with Crippen molar-refractivity contribution < 1.29 is 0 Å². The van der Waals surface area contributed by atoms with Crippen LogP contribution in [0.15, 0.2) is 58.1 Å². The number of aromatic nitrogens is 2. The summed E-state index contributed by atoms with van der Waals surface area (Å²) < 4.78 is 3.07. The van der Waals surface area contributed by atoms with Crippen molar-refractivity contribution in [2.75, 3.05) is 0 Å². The minimum Gasteiger partial charge on any atom is -0.289 e. The maximum Gasteiger partial charge on any atom is 0.331 e. The van der Waals surface area contributed by atoms with Gasteiger partial charge in [-0.25, -0.2) is 4.79 Å². The molecule has 0 N–H and O–H groups in total. The van der Waals surface area contributed by atoms with Crippen LogP contribution >= 0.6 is 0 Å². The number of rotatable bonds is 3. The molecule has 2 aromatic carbocycles. The Morgan fingerprint density at radius 3 is 2.16 bits per heavy atom. The summed E-state index contributed by atoms with van der Waals surface area (Å²) in [6.07, 6.45) is 0. The third-order valence-electron chi connectivity index (χ3n) is 4.23. The highest BCUT2D eigenvalue weighted by molar-refractivity contribution is 5.77. The summed E-state index contributed by atoms with van der Waals surface area (Å²) in [6, 6.07) is 15.5. The van der Waals surface area contributed by atoms with Crippen LogP contribution in [0.1, 0.15) is 31.9 Å². The minimum atomic E-state index is -0.251. The molecule has 0 saturated heterocycles. The largest absolute Gasteiger partial charge is 0.331 e. The fourth-order valence-corrected chi connectivity index (χ4v) is 3.01. The van der Waals surface area contributed by atoms with Crippen LogP contribution in [0.2, 0.25) is 0 Å². The van der Waals surface area contributed by atoms with Gasteiger partial charge in [-0.15, -0.1) is 0 Å². The van der Waals surface area contributed by atoms with Crippen molar-refractivity contribution in [1.82, 2.24) is 9.13 Å². The van der Waals surface area contributed by atoms with Gasteiger partial charge in [-0.1, -0.05) is 62.7 Å². The number of benzene rings is 2. The summed E-state index contributed by atoms with van der Waals surface area (Å²) in [5.74, 6) is 0. The Hall–Kier alpha value is -2.62. The van der Waals surface area contributed by atoms with Crippen molar-refractivity contribution in [1.29, 1.82) is 0 Å². The van der Waals surface area contributed by atoms with E-state index in [9.17, 15) is 9.59 Å². The van der Waals surface area contributed by atoms with Crippen molar-refractivity contribution in [2.45, 2.75) is 40.8 Å². The normalized spacial score (nSPS) is 11.8. The summed E-state index contributed by atoms with van der Waals surface area (Å²) in [5.41, 5.74) is 2.28. The van der Waals surface area contributed by atoms with Gasteiger partial charge in [-0.05, 0) is 30.0 Å². The lowest BCUT2D eigenvalue weighted by Crippen LogP contribution is -2.42. The second-order valence-corrected chi connectivity index (χ2v) is 7.82. The maximum absolute atomic E-state index is 13.1. The van der Waals surface area contributed by atoms with Crippen molar-refractivity contribution in [3.8, 4) is 0 Å². The van der Waals surface area contributed by atoms with Crippen LogP contribution in [0, 0.1) is 12.3 Å². The first-order valence-electron chi connectivity index (χ1n) is 8.54. The van der Waals surface area contributed by atoms with Crippen LogP contribution < -0.4 is 11.2 Å². The summed E-state index contributed by atoms with van der Waals surface area (Å²) in [6.45, 7) is 8.96. The molecule has 0 saturated carbocycles. The first kappa shape index (κ1) is 17.2. The van der Waals surface area contributed by atoms with Crippen molar-refractivity contribution in [3.63, 3.8) is 0 Å². The van der Waals surface area contributed by atoms with E-state index in [0.29, 0.717) is 24.0 Å². The van der Waals surface area contributed by atoms with E-state index in [0.717, 1.165) is 5.56 Å². The summed E-state index contributed by atoms with van der Waals surface area (Å²) >= 11 is 0. The molecule has 3 aromatic rings. The van der Waals surface area contributed by atoms with E-state index in [4.69, 9.17) is 0 Å². The molecule has 4 heteroatoms. The van der Waals surface area contributed by atoms with Crippen molar-refractivity contribution >= 4 is 10.9 Å². The number of hydrogen-bond donors (Lipinski definition) is 0. The predicted octanol–water partition coefficient (Wildman–Crippen LogP) is 3.57. The third kappa shape index (κ3) is 3.58. The molecule has 0 unspecified atom stereocenters. The summed E-state index contributed by atoms with van der Waals surface area (Å²) in [7, 11) is 0. The van der Waals surface area contributed by atoms with Crippen LogP contribution in [0.3, 0.4) is 0 Å². The van der Waals surface area contributed by atoms with E-state index in [1.807, 2.05) is 70.2 Å². The number of fused-ring (bicyclic) bond motifs is 1. The standard InChI is InChI=1S/C21H24N2O2/c1-15-9-11-16(12-10-15)13-22-18-8-6-5-7-17(18)19(24)23(20(22)25)14-21(2,3)4/h5-12H,13-14H2,1-4H3. The monoisotopic (exact) mass is 336 g/mol. The van der Waals surface area contributed by atoms with Crippen LogP contribution in [-0.4, -0.2) is 9.13 Å². The molecule has 0 spiro atoms. The molecule has 0 aliphatic heterocycles. The van der Waals surface area contributed by atoms with Gasteiger partial charge in [0.2, 0.25) is 0 Å². The fourth-order valence-electron chi connectivity index (χ4n) is 3.01. The Balaban J connectivity index is 2.24. The lowest BCUT2D eigenvalue weighted by molar-refractivity contribution is 0.328. The smallest absolute Gasteiger partial charge is 0.289 e. The number of hydrogen-bond acceptors (Lipinski definition) is 2. The topological polar surface area (TPSA) is 44.0 Å². The van der Waals surface area contributed by atoms with Gasteiger partial charge in [0.15, 0.2) is 0 Å². The van der Waals surface area contributed by atoms with Crippen molar-refractivity contribution in [3.05, 3.63) is 80.5 Å². The third-order valence-corrected chi connectivity index (χ3v) is 4.23. The van der Waals surface area contributed by atoms with Crippen LogP contribution in [0.5, 0.6) is 0 Å². The summed E-state index contributed by atoms with van der Waals surface area (Å²) in [4.78, 5) is 25.9. The highest BCUT2D eigenvalue weighted by Gasteiger charge is 2.18. The first-order chi connectivity index (χ1) is 11.8. The second kappa shape index (κ2) is 6.36. The molecule has 1 aromatic heterocycles. The Labute approximate surface area is 147 Å². The molecule has 4 nitrogen and oxygen atoms in total. The highest BCUT2D eigenvalue weighted by atomic mass is 16.2. The van der Waals surface area contributed by atoms with Gasteiger partial charge in [0, 0.05) is 6.54 Å². The van der Waals surface area contributed by atoms with E-state index in [1.54, 1.807) is 10.6 Å². The van der Waals surface area contributed by atoms with Gasteiger partial charge in [0.1, 0.15) is 0 Å². The lowest BCUT2D eigenvalue weighted by Gasteiger charge is -2.21. The highest BCUT2D eigenvalue weighted by Crippen LogP contribution is 2.16. The van der Waals surface area contributed by atoms with Crippen molar-refractivity contribution in [2.24, 2.45) is 5.41 Å². The summed E-state index contributed by atoms with van der Waals surface area (Å²) in [5, 5.41) is 0.582. The molecule has 3 rings (SSSR count). The van der Waals surface area contributed by atoms with Crippen LogP contribution in [0.4, 0.5) is 0 Å². The molecular formula is C21H24N2O2. The molecule has 0 fully saturated rings. The van der Waals surface area contributed by atoms with E-state index in [-0.39, 0.29) is 16.7 Å². The first-order valence-corrected chi connectivity index (χ1v) is 8.54. The molecule has 130 valence electrons. The van der Waals surface area contributed by atoms with E-state index < -0.39 is 0 Å². The number of nitrogens with zero attached hydrogens (tertiary/aromatic N) is 2. The average molecular weight is 336 g/mol. The Bertz CT molecular complexity index is 1020. The van der Waals surface area contributed by atoms with Gasteiger partial charge < -0.3 is 0 Å². The molecule has 0 aliphatic carbocycles. The molecular weight excluding hydrogens is 312 g/mol. The zero-order valence-corrected chi connectivity index (χ0v) is 15.2. The lowest BCUT2D eigenvalue weighted by atomic mass is 9.97. The quantitative estimate of drug-likeness (QED) is 0.734. The molecule has 1 heterocycles. The predicted molar refractivity (Wildman–Crippen MR) is 102 cm³/mol. The maximum atomic E-state index is 13.1. The fraction of sp³-hybridized carbons (Fsp3) is 0.333. The molecule has 25 heavy (non-hydrogen) atoms. The zero-order valence-electron chi connectivity index (χ0n) is 15.2. The van der Waals surface area contributed by atoms with Gasteiger partial charge in [-0.2, -0.15) is 0 Å². The minimum absolute atomic E-state index is 0.160. The Morgan fingerprint density at radius 1 is 0.880 bits per heavy atom. The van der Waals surface area contributed by atoms with Gasteiger partial charge in [0.25, 0.3) is 5.56 Å². The molecule has 0 radical (unpaired) electrons.